The van der Waals surface area contributed by atoms with Crippen molar-refractivity contribution in [3.63, 3.8) is 0 Å². The molecule has 21 heavy (non-hydrogen) atoms. The number of fused-ring (bicyclic) bond motifs is 1. The largest absolute Gasteiger partial charge is 0.416 e. The molecule has 0 bridgehead atoms. The summed E-state index contributed by atoms with van der Waals surface area (Å²) < 4.78 is 39.2. The van der Waals surface area contributed by atoms with Crippen molar-refractivity contribution in [2.45, 2.75) is 12.3 Å². The van der Waals surface area contributed by atoms with Crippen LogP contribution in [0.1, 0.15) is 27.7 Å². The van der Waals surface area contributed by atoms with Gasteiger partial charge in [0.25, 0.3) is 5.91 Å². The van der Waals surface area contributed by atoms with Crippen molar-refractivity contribution < 1.29 is 18.0 Å². The lowest BCUT2D eigenvalue weighted by Gasteiger charge is -2.29. The number of nitrogens with one attached hydrogen (secondary N) is 2. The second-order valence-electron chi connectivity index (χ2n) is 4.68. The van der Waals surface area contributed by atoms with E-state index >= 15 is 0 Å². The molecule has 108 valence electrons. The zero-order valence-electron chi connectivity index (χ0n) is 10.7. The summed E-state index contributed by atoms with van der Waals surface area (Å²) in [4.78, 5) is 12.0. The molecule has 0 radical (unpaired) electrons. The molecular formula is C15H11F3N2O. The van der Waals surface area contributed by atoms with Crippen molar-refractivity contribution in [3.05, 3.63) is 65.2 Å². The molecule has 6 heteroatoms. The second kappa shape index (κ2) is 4.80. The van der Waals surface area contributed by atoms with Crippen molar-refractivity contribution in [2.75, 3.05) is 5.32 Å². The van der Waals surface area contributed by atoms with Crippen LogP contribution in [0, 0.1) is 0 Å². The molecule has 0 fully saturated rings. The maximum atomic E-state index is 13.1. The average molecular weight is 292 g/mol. The Hall–Kier alpha value is -2.50. The molecule has 2 aromatic carbocycles. The molecule has 1 atom stereocenters. The number of hydrogen-bond donors (Lipinski definition) is 2. The van der Waals surface area contributed by atoms with E-state index in [0.29, 0.717) is 11.3 Å². The Kier molecular flexibility index (Phi) is 3.08. The first-order valence-electron chi connectivity index (χ1n) is 6.29. The zero-order chi connectivity index (χ0) is 15.0. The van der Waals surface area contributed by atoms with E-state index in [4.69, 9.17) is 0 Å². The van der Waals surface area contributed by atoms with Crippen LogP contribution in [0.2, 0.25) is 0 Å². The summed E-state index contributed by atoms with van der Waals surface area (Å²) >= 11 is 0. The van der Waals surface area contributed by atoms with Gasteiger partial charge in [0, 0.05) is 11.3 Å². The highest BCUT2D eigenvalue weighted by Crippen LogP contribution is 2.36. The Morgan fingerprint density at radius 2 is 1.57 bits per heavy atom. The third-order valence-electron chi connectivity index (χ3n) is 3.32. The number of amides is 1. The van der Waals surface area contributed by atoms with Crippen LogP contribution in [-0.2, 0) is 6.18 Å². The predicted octanol–water partition coefficient (Wildman–Crippen LogP) is 3.56. The van der Waals surface area contributed by atoms with Gasteiger partial charge in [0.1, 0.15) is 6.17 Å². The van der Waals surface area contributed by atoms with Crippen LogP contribution in [0.4, 0.5) is 18.9 Å². The SMILES string of the molecule is O=C1N[C@H](c2ccccc2C(F)(F)F)Nc2ccccc21. The van der Waals surface area contributed by atoms with Crippen molar-refractivity contribution in [1.29, 1.82) is 0 Å². The van der Waals surface area contributed by atoms with Crippen LogP contribution in [0.3, 0.4) is 0 Å². The lowest BCUT2D eigenvalue weighted by molar-refractivity contribution is -0.138. The monoisotopic (exact) mass is 292 g/mol. The topological polar surface area (TPSA) is 41.1 Å². The standard InChI is InChI=1S/C15H11F3N2O/c16-15(17,18)11-7-3-1-5-9(11)13-19-12-8-4-2-6-10(12)14(21)20-13/h1-8,13,19H,(H,20,21)/t13-/m1/s1. The molecule has 0 saturated heterocycles. The van der Waals surface area contributed by atoms with E-state index in [9.17, 15) is 18.0 Å². The van der Waals surface area contributed by atoms with Crippen LogP contribution >= 0.6 is 0 Å². The summed E-state index contributed by atoms with van der Waals surface area (Å²) in [6.45, 7) is 0. The molecule has 1 aliphatic rings. The van der Waals surface area contributed by atoms with E-state index < -0.39 is 23.8 Å². The minimum absolute atomic E-state index is 0.00662. The Balaban J connectivity index is 2.03. The number of para-hydroxylation sites is 1. The van der Waals surface area contributed by atoms with E-state index in [1.165, 1.54) is 18.2 Å². The van der Waals surface area contributed by atoms with Crippen LogP contribution in [0.5, 0.6) is 0 Å². The van der Waals surface area contributed by atoms with Crippen LogP contribution in [0.15, 0.2) is 48.5 Å². The van der Waals surface area contributed by atoms with Gasteiger partial charge in [-0.1, -0.05) is 30.3 Å². The third kappa shape index (κ3) is 2.44. The number of benzene rings is 2. The first kappa shape index (κ1) is 13.5. The van der Waals surface area contributed by atoms with Gasteiger partial charge in [0.05, 0.1) is 11.1 Å². The maximum Gasteiger partial charge on any atom is 0.416 e. The molecule has 1 aliphatic heterocycles. The van der Waals surface area contributed by atoms with E-state index in [1.807, 2.05) is 0 Å². The Bertz CT molecular complexity index is 697. The number of carbonyl (C=O) groups is 1. The van der Waals surface area contributed by atoms with Gasteiger partial charge in [-0.05, 0) is 18.2 Å². The van der Waals surface area contributed by atoms with Gasteiger partial charge < -0.3 is 10.6 Å². The van der Waals surface area contributed by atoms with Gasteiger partial charge in [-0.2, -0.15) is 13.2 Å². The number of alkyl halides is 3. The number of hydrogen-bond acceptors (Lipinski definition) is 2. The molecule has 3 rings (SSSR count). The third-order valence-corrected chi connectivity index (χ3v) is 3.32. The highest BCUT2D eigenvalue weighted by atomic mass is 19.4. The maximum absolute atomic E-state index is 13.1. The van der Waals surface area contributed by atoms with E-state index in [2.05, 4.69) is 10.6 Å². The van der Waals surface area contributed by atoms with Crippen LogP contribution in [0.25, 0.3) is 0 Å². The minimum atomic E-state index is -4.47. The first-order chi connectivity index (χ1) is 9.97. The quantitative estimate of drug-likeness (QED) is 0.844. The number of halogens is 3. The summed E-state index contributed by atoms with van der Waals surface area (Å²) in [6, 6.07) is 11.9. The first-order valence-corrected chi connectivity index (χ1v) is 6.29. The van der Waals surface area contributed by atoms with Gasteiger partial charge in [-0.3, -0.25) is 4.79 Å². The van der Waals surface area contributed by atoms with Gasteiger partial charge in [-0.25, -0.2) is 0 Å². The fraction of sp³-hybridized carbons (Fsp3) is 0.133. The number of carbonyl (C=O) groups excluding carboxylic acids is 1. The highest BCUT2D eigenvalue weighted by molar-refractivity contribution is 6.01. The molecule has 0 saturated carbocycles. The Morgan fingerprint density at radius 1 is 0.905 bits per heavy atom. The molecule has 0 aliphatic carbocycles. The Morgan fingerprint density at radius 3 is 2.33 bits per heavy atom. The van der Waals surface area contributed by atoms with E-state index in [1.54, 1.807) is 24.3 Å². The smallest absolute Gasteiger partial charge is 0.361 e. The van der Waals surface area contributed by atoms with Crippen molar-refractivity contribution in [1.82, 2.24) is 5.32 Å². The molecule has 2 N–H and O–H groups in total. The lowest BCUT2D eigenvalue weighted by atomic mass is 10.0. The molecule has 1 heterocycles. The summed E-state index contributed by atoms with van der Waals surface area (Å²) in [5.74, 6) is -0.397. The summed E-state index contributed by atoms with van der Waals surface area (Å²) in [7, 11) is 0. The van der Waals surface area contributed by atoms with Crippen molar-refractivity contribution in [3.8, 4) is 0 Å². The predicted molar refractivity (Wildman–Crippen MR) is 71.7 cm³/mol. The molecule has 3 nitrogen and oxygen atoms in total. The number of rotatable bonds is 1. The second-order valence-corrected chi connectivity index (χ2v) is 4.68. The zero-order valence-corrected chi connectivity index (χ0v) is 10.7. The minimum Gasteiger partial charge on any atom is -0.361 e. The molecule has 1 amide bonds. The lowest BCUT2D eigenvalue weighted by Crippen LogP contribution is -2.39. The number of anilines is 1. The molecule has 0 aromatic heterocycles. The van der Waals surface area contributed by atoms with E-state index in [-0.39, 0.29) is 5.56 Å². The van der Waals surface area contributed by atoms with Crippen LogP contribution in [-0.4, -0.2) is 5.91 Å². The molecular weight excluding hydrogens is 281 g/mol. The summed E-state index contributed by atoms with van der Waals surface area (Å²) in [6.07, 6.45) is -5.38. The highest BCUT2D eigenvalue weighted by Gasteiger charge is 2.36. The van der Waals surface area contributed by atoms with Gasteiger partial charge in [0.2, 0.25) is 0 Å². The van der Waals surface area contributed by atoms with Gasteiger partial charge in [0.15, 0.2) is 0 Å². The van der Waals surface area contributed by atoms with Crippen LogP contribution < -0.4 is 10.6 Å². The Labute approximate surface area is 118 Å². The molecule has 0 spiro atoms. The summed E-state index contributed by atoms with van der Waals surface area (Å²) in [5, 5.41) is 5.48. The van der Waals surface area contributed by atoms with Crippen molar-refractivity contribution in [2.24, 2.45) is 0 Å². The average Bonchev–Trinajstić information content (AvgIpc) is 2.46. The normalized spacial score (nSPS) is 17.7. The molecule has 0 unspecified atom stereocenters. The summed E-state index contributed by atoms with van der Waals surface area (Å²) in [5.41, 5.74) is 0.163. The van der Waals surface area contributed by atoms with Crippen molar-refractivity contribution >= 4 is 11.6 Å². The molecule has 2 aromatic rings. The van der Waals surface area contributed by atoms with Gasteiger partial charge >= 0.3 is 6.18 Å². The van der Waals surface area contributed by atoms with E-state index in [0.717, 1.165) is 6.07 Å². The fourth-order valence-corrected chi connectivity index (χ4v) is 2.37. The van der Waals surface area contributed by atoms with Gasteiger partial charge in [-0.15, -0.1) is 0 Å². The fourth-order valence-electron chi connectivity index (χ4n) is 2.37.